The Morgan fingerprint density at radius 1 is 1.09 bits per heavy atom. The minimum atomic E-state index is -3.72. The minimum Gasteiger partial charge on any atom is -0.395 e. The zero-order valence-corrected chi connectivity index (χ0v) is 17.9. The lowest BCUT2D eigenvalue weighted by Gasteiger charge is -2.26. The Balaban J connectivity index is 1.41. The fraction of sp³-hybridized carbons (Fsp3) is 0.350. The third-order valence-corrected chi connectivity index (χ3v) is 6.84. The van der Waals surface area contributed by atoms with Crippen molar-refractivity contribution < 1.29 is 36.2 Å². The van der Waals surface area contributed by atoms with Gasteiger partial charge in [-0.2, -0.15) is 4.31 Å². The van der Waals surface area contributed by atoms with E-state index in [4.69, 9.17) is 4.74 Å². The molecule has 2 N–H and O–H groups in total. The molecule has 0 spiro atoms. The quantitative estimate of drug-likeness (QED) is 0.669. The molecule has 0 aliphatic carbocycles. The zero-order valence-electron chi connectivity index (χ0n) is 17.1. The maximum Gasteiger partial charge on any atom is 0.586 e. The topological polar surface area (TPSA) is 106 Å². The van der Waals surface area contributed by atoms with Crippen molar-refractivity contribution in [1.29, 1.82) is 0 Å². The highest BCUT2D eigenvalue weighted by atomic mass is 32.2. The van der Waals surface area contributed by atoms with Crippen LogP contribution in [-0.2, 0) is 19.6 Å². The summed E-state index contributed by atoms with van der Waals surface area (Å²) in [5.41, 5.74) is 1.42. The average Bonchev–Trinajstić information content (AvgIpc) is 3.07. The first kappa shape index (κ1) is 22.2. The number of morpholine rings is 1. The molecule has 2 aromatic carbocycles. The Morgan fingerprint density at radius 3 is 2.56 bits per heavy atom. The van der Waals surface area contributed by atoms with Crippen molar-refractivity contribution in [2.75, 3.05) is 43.5 Å². The zero-order chi connectivity index (χ0) is 22.9. The van der Waals surface area contributed by atoms with E-state index in [1.807, 2.05) is 0 Å². The Kier molecular flexibility index (Phi) is 5.93. The third-order valence-electron chi connectivity index (χ3n) is 4.95. The number of anilines is 2. The van der Waals surface area contributed by atoms with Gasteiger partial charge in [-0.15, -0.1) is 8.78 Å². The van der Waals surface area contributed by atoms with Crippen LogP contribution in [0.4, 0.5) is 20.2 Å². The maximum atomic E-state index is 13.1. The molecule has 1 saturated heterocycles. The Hall–Kier alpha value is -2.96. The van der Waals surface area contributed by atoms with Crippen LogP contribution in [0.15, 0.2) is 41.3 Å². The second-order valence-electron chi connectivity index (χ2n) is 7.22. The number of amides is 1. The molecular weight excluding hydrogens is 448 g/mol. The van der Waals surface area contributed by atoms with Crippen LogP contribution < -0.4 is 20.1 Å². The van der Waals surface area contributed by atoms with Gasteiger partial charge < -0.3 is 24.8 Å². The van der Waals surface area contributed by atoms with Gasteiger partial charge >= 0.3 is 6.29 Å². The molecule has 2 aliphatic heterocycles. The first-order valence-electron chi connectivity index (χ1n) is 9.76. The lowest BCUT2D eigenvalue weighted by atomic mass is 10.2. The van der Waals surface area contributed by atoms with Gasteiger partial charge in [0.15, 0.2) is 11.5 Å². The molecule has 0 radical (unpaired) electrons. The molecule has 1 amide bonds. The van der Waals surface area contributed by atoms with E-state index in [1.165, 1.54) is 34.6 Å². The van der Waals surface area contributed by atoms with Gasteiger partial charge in [0.05, 0.1) is 24.7 Å². The molecule has 4 rings (SSSR count). The van der Waals surface area contributed by atoms with Crippen molar-refractivity contribution in [2.45, 2.75) is 18.1 Å². The molecule has 0 saturated carbocycles. The molecule has 2 aliphatic rings. The number of rotatable bonds is 6. The van der Waals surface area contributed by atoms with Crippen LogP contribution in [0.25, 0.3) is 0 Å². The van der Waals surface area contributed by atoms with E-state index in [2.05, 4.69) is 20.1 Å². The summed E-state index contributed by atoms with van der Waals surface area (Å²) < 4.78 is 67.2. The Labute approximate surface area is 183 Å². The van der Waals surface area contributed by atoms with Gasteiger partial charge in [0.1, 0.15) is 0 Å². The van der Waals surface area contributed by atoms with Crippen molar-refractivity contribution in [3.63, 3.8) is 0 Å². The molecule has 0 atom stereocenters. The monoisotopic (exact) mass is 469 g/mol. The van der Waals surface area contributed by atoms with E-state index >= 15 is 0 Å². The predicted molar refractivity (Wildman–Crippen MR) is 111 cm³/mol. The van der Waals surface area contributed by atoms with Gasteiger partial charge in [-0.3, -0.25) is 4.79 Å². The van der Waals surface area contributed by atoms with Gasteiger partial charge in [0.2, 0.25) is 15.9 Å². The molecule has 32 heavy (non-hydrogen) atoms. The molecule has 0 unspecified atom stereocenters. The van der Waals surface area contributed by atoms with Crippen LogP contribution in [-0.4, -0.2) is 57.8 Å². The third kappa shape index (κ3) is 4.76. The number of fused-ring (bicyclic) bond motifs is 1. The van der Waals surface area contributed by atoms with Crippen LogP contribution in [0.2, 0.25) is 0 Å². The van der Waals surface area contributed by atoms with E-state index in [0.29, 0.717) is 30.2 Å². The van der Waals surface area contributed by atoms with Crippen molar-refractivity contribution in [1.82, 2.24) is 4.31 Å². The molecule has 1 fully saturated rings. The standard InChI is InChI=1S/C20H21F2N3O6S/c1-13-2-4-15(32(27,28)25-6-8-29-9-7-25)11-16(13)24-19(26)12-23-14-3-5-17-18(10-14)31-20(21,22)30-17/h2-5,10-11,23H,6-9,12H2,1H3,(H,24,26). The fourth-order valence-corrected chi connectivity index (χ4v) is 4.70. The van der Waals surface area contributed by atoms with Gasteiger partial charge in [0, 0.05) is 30.5 Å². The van der Waals surface area contributed by atoms with Gasteiger partial charge in [0.25, 0.3) is 0 Å². The van der Waals surface area contributed by atoms with Crippen molar-refractivity contribution in [2.24, 2.45) is 0 Å². The van der Waals surface area contributed by atoms with Crippen molar-refractivity contribution >= 4 is 27.3 Å². The number of hydrogen-bond donors (Lipinski definition) is 2. The van der Waals surface area contributed by atoms with Crippen LogP contribution in [0.5, 0.6) is 11.5 Å². The highest BCUT2D eigenvalue weighted by Gasteiger charge is 2.43. The van der Waals surface area contributed by atoms with Crippen LogP contribution in [0.3, 0.4) is 0 Å². The number of nitrogens with one attached hydrogen (secondary N) is 2. The number of ether oxygens (including phenoxy) is 3. The normalized spacial score (nSPS) is 17.7. The second-order valence-corrected chi connectivity index (χ2v) is 9.16. The number of benzene rings is 2. The Bertz CT molecular complexity index is 1140. The summed E-state index contributed by atoms with van der Waals surface area (Å²) in [5.74, 6) is -0.687. The van der Waals surface area contributed by atoms with Gasteiger partial charge in [-0.05, 0) is 36.8 Å². The fourth-order valence-electron chi connectivity index (χ4n) is 3.27. The number of carbonyl (C=O) groups is 1. The van der Waals surface area contributed by atoms with Crippen molar-refractivity contribution in [3.05, 3.63) is 42.0 Å². The van der Waals surface area contributed by atoms with E-state index in [1.54, 1.807) is 13.0 Å². The lowest BCUT2D eigenvalue weighted by Crippen LogP contribution is -2.40. The molecule has 0 aromatic heterocycles. The molecule has 172 valence electrons. The number of hydrogen-bond acceptors (Lipinski definition) is 7. The first-order chi connectivity index (χ1) is 15.1. The smallest absolute Gasteiger partial charge is 0.395 e. The predicted octanol–water partition coefficient (Wildman–Crippen LogP) is 2.39. The first-order valence-corrected chi connectivity index (χ1v) is 11.2. The molecule has 0 bridgehead atoms. The number of halogens is 2. The summed E-state index contributed by atoms with van der Waals surface area (Å²) in [7, 11) is -3.71. The van der Waals surface area contributed by atoms with E-state index in [9.17, 15) is 22.0 Å². The van der Waals surface area contributed by atoms with Gasteiger partial charge in [-0.1, -0.05) is 6.07 Å². The molecule has 2 heterocycles. The maximum absolute atomic E-state index is 13.1. The number of sulfonamides is 1. The summed E-state index contributed by atoms with van der Waals surface area (Å²) >= 11 is 0. The lowest BCUT2D eigenvalue weighted by molar-refractivity contribution is -0.286. The van der Waals surface area contributed by atoms with Crippen LogP contribution in [0, 0.1) is 6.92 Å². The summed E-state index contributed by atoms with van der Waals surface area (Å²) in [4.78, 5) is 12.5. The van der Waals surface area contributed by atoms with E-state index in [-0.39, 0.29) is 36.0 Å². The van der Waals surface area contributed by atoms with Gasteiger partial charge in [-0.25, -0.2) is 8.42 Å². The summed E-state index contributed by atoms with van der Waals surface area (Å²) in [6, 6.07) is 8.61. The number of nitrogens with zero attached hydrogens (tertiary/aromatic N) is 1. The van der Waals surface area contributed by atoms with Crippen molar-refractivity contribution in [3.8, 4) is 11.5 Å². The number of aryl methyl sites for hydroxylation is 1. The average molecular weight is 469 g/mol. The second kappa shape index (κ2) is 8.52. The van der Waals surface area contributed by atoms with Crippen LogP contribution in [0.1, 0.15) is 5.56 Å². The summed E-state index contributed by atoms with van der Waals surface area (Å²) in [6.45, 7) is 2.75. The molecule has 12 heteroatoms. The summed E-state index contributed by atoms with van der Waals surface area (Å²) in [6.07, 6.45) is -3.72. The Morgan fingerprint density at radius 2 is 1.81 bits per heavy atom. The highest BCUT2D eigenvalue weighted by Crippen LogP contribution is 2.42. The minimum absolute atomic E-state index is 0.0740. The summed E-state index contributed by atoms with van der Waals surface area (Å²) in [5, 5.41) is 5.48. The molecular formula is C20H21F2N3O6S. The largest absolute Gasteiger partial charge is 0.586 e. The van der Waals surface area contributed by atoms with E-state index in [0.717, 1.165) is 0 Å². The molecule has 2 aromatic rings. The highest BCUT2D eigenvalue weighted by molar-refractivity contribution is 7.89. The molecule has 9 nitrogen and oxygen atoms in total. The van der Waals surface area contributed by atoms with E-state index < -0.39 is 22.2 Å². The SMILES string of the molecule is Cc1ccc(S(=O)(=O)N2CCOCC2)cc1NC(=O)CNc1ccc2c(c1)OC(F)(F)O2. The number of alkyl halides is 2. The van der Waals surface area contributed by atoms with Crippen LogP contribution >= 0.6 is 0 Å². The number of carbonyl (C=O) groups excluding carboxylic acids is 1.